The quantitative estimate of drug-likeness (QED) is 0.769. The highest BCUT2D eigenvalue weighted by Gasteiger charge is 2.16. The maximum absolute atomic E-state index is 13.7. The molecule has 2 aromatic rings. The summed E-state index contributed by atoms with van der Waals surface area (Å²) in [4.78, 5) is 11.5. The Morgan fingerprint density at radius 1 is 1.11 bits per heavy atom. The summed E-state index contributed by atoms with van der Waals surface area (Å²) in [6.45, 7) is 3.20. The summed E-state index contributed by atoms with van der Waals surface area (Å²) in [6, 6.07) is 14.0. The normalized spacial score (nSPS) is 11.9. The van der Waals surface area contributed by atoms with Crippen LogP contribution in [0, 0.1) is 5.82 Å². The maximum Gasteiger partial charge on any atom is 0.166 e. The van der Waals surface area contributed by atoms with Gasteiger partial charge in [0.1, 0.15) is 17.7 Å². The first kappa shape index (κ1) is 13.3. The summed E-state index contributed by atoms with van der Waals surface area (Å²) in [5, 5.41) is 0. The van der Waals surface area contributed by atoms with Gasteiger partial charge in [-0.2, -0.15) is 0 Å². The Morgan fingerprint density at radius 2 is 1.79 bits per heavy atom. The third-order valence-electron chi connectivity index (χ3n) is 2.90. The van der Waals surface area contributed by atoms with Crippen LogP contribution in [0.3, 0.4) is 0 Å². The van der Waals surface area contributed by atoms with Crippen molar-refractivity contribution >= 4 is 5.78 Å². The van der Waals surface area contributed by atoms with E-state index >= 15 is 0 Å². The lowest BCUT2D eigenvalue weighted by atomic mass is 10.1. The van der Waals surface area contributed by atoms with Crippen LogP contribution in [0.2, 0.25) is 0 Å². The predicted molar refractivity (Wildman–Crippen MR) is 71.9 cm³/mol. The van der Waals surface area contributed by atoms with E-state index in [1.807, 2.05) is 37.3 Å². The fourth-order valence-corrected chi connectivity index (χ4v) is 1.93. The molecule has 19 heavy (non-hydrogen) atoms. The van der Waals surface area contributed by atoms with E-state index in [1.54, 1.807) is 6.07 Å². The summed E-state index contributed by atoms with van der Waals surface area (Å²) in [5.41, 5.74) is 0.978. The van der Waals surface area contributed by atoms with E-state index in [1.165, 1.54) is 19.1 Å². The first-order chi connectivity index (χ1) is 9.09. The van der Waals surface area contributed by atoms with E-state index in [0.717, 1.165) is 5.56 Å². The largest absolute Gasteiger partial charge is 0.485 e. The third kappa shape index (κ3) is 2.99. The zero-order valence-corrected chi connectivity index (χ0v) is 10.9. The van der Waals surface area contributed by atoms with Crippen molar-refractivity contribution in [3.8, 4) is 5.75 Å². The molecular weight excluding hydrogens is 243 g/mol. The van der Waals surface area contributed by atoms with Gasteiger partial charge in [-0.25, -0.2) is 4.39 Å². The Morgan fingerprint density at radius 3 is 2.42 bits per heavy atom. The summed E-state index contributed by atoms with van der Waals surface area (Å²) < 4.78 is 19.4. The summed E-state index contributed by atoms with van der Waals surface area (Å²) >= 11 is 0. The van der Waals surface area contributed by atoms with Gasteiger partial charge in [0, 0.05) is 0 Å². The molecule has 0 saturated heterocycles. The van der Waals surface area contributed by atoms with E-state index < -0.39 is 5.82 Å². The molecule has 0 aliphatic carbocycles. The average molecular weight is 258 g/mol. The smallest absolute Gasteiger partial charge is 0.166 e. The second-order valence-corrected chi connectivity index (χ2v) is 4.34. The number of rotatable bonds is 4. The van der Waals surface area contributed by atoms with E-state index in [4.69, 9.17) is 4.74 Å². The second kappa shape index (κ2) is 5.65. The molecule has 0 saturated carbocycles. The monoisotopic (exact) mass is 258 g/mol. The Balaban J connectivity index is 2.29. The van der Waals surface area contributed by atoms with Gasteiger partial charge in [-0.15, -0.1) is 0 Å². The van der Waals surface area contributed by atoms with E-state index in [9.17, 15) is 9.18 Å². The van der Waals surface area contributed by atoms with Crippen LogP contribution in [0.5, 0.6) is 5.75 Å². The van der Waals surface area contributed by atoms with Crippen molar-refractivity contribution in [1.82, 2.24) is 0 Å². The fraction of sp³-hybridized carbons (Fsp3) is 0.188. The van der Waals surface area contributed by atoms with Crippen molar-refractivity contribution in [3.63, 3.8) is 0 Å². The van der Waals surface area contributed by atoms with Crippen molar-refractivity contribution < 1.29 is 13.9 Å². The molecule has 0 N–H and O–H groups in total. The zero-order chi connectivity index (χ0) is 13.8. The Labute approximate surface area is 111 Å². The van der Waals surface area contributed by atoms with Gasteiger partial charge in [0.25, 0.3) is 0 Å². The van der Waals surface area contributed by atoms with Gasteiger partial charge in [0.2, 0.25) is 0 Å². The van der Waals surface area contributed by atoms with Crippen LogP contribution in [-0.2, 0) is 0 Å². The minimum atomic E-state index is -0.551. The second-order valence-electron chi connectivity index (χ2n) is 4.34. The van der Waals surface area contributed by atoms with Gasteiger partial charge in [-0.1, -0.05) is 36.4 Å². The molecule has 0 amide bonds. The summed E-state index contributed by atoms with van der Waals surface area (Å²) in [5.74, 6) is -0.609. The van der Waals surface area contributed by atoms with Crippen molar-refractivity contribution in [3.05, 3.63) is 65.5 Å². The molecule has 0 radical (unpaired) electrons. The van der Waals surface area contributed by atoms with Crippen LogP contribution in [0.25, 0.3) is 0 Å². The molecule has 0 heterocycles. The Bertz CT molecular complexity index is 579. The van der Waals surface area contributed by atoms with Gasteiger partial charge in [0.15, 0.2) is 5.78 Å². The molecule has 0 spiro atoms. The third-order valence-corrected chi connectivity index (χ3v) is 2.90. The molecule has 1 atom stereocenters. The van der Waals surface area contributed by atoms with Gasteiger partial charge < -0.3 is 4.74 Å². The molecule has 0 aromatic heterocycles. The highest BCUT2D eigenvalue weighted by molar-refractivity contribution is 5.97. The molecule has 2 nitrogen and oxygen atoms in total. The zero-order valence-electron chi connectivity index (χ0n) is 10.9. The van der Waals surface area contributed by atoms with Crippen molar-refractivity contribution in [2.45, 2.75) is 20.0 Å². The Kier molecular flexibility index (Phi) is 3.95. The number of halogens is 1. The number of carbonyl (C=O) groups excluding carboxylic acids is 1. The highest BCUT2D eigenvalue weighted by atomic mass is 19.1. The minimum absolute atomic E-state index is 0.00489. The molecule has 0 unspecified atom stereocenters. The molecular formula is C16H15FO2. The van der Waals surface area contributed by atoms with Crippen molar-refractivity contribution in [1.29, 1.82) is 0 Å². The molecule has 2 rings (SSSR count). The highest BCUT2D eigenvalue weighted by Crippen LogP contribution is 2.27. The summed E-state index contributed by atoms with van der Waals surface area (Å²) in [6.07, 6.45) is -0.249. The molecule has 0 fully saturated rings. The average Bonchev–Trinajstić information content (AvgIpc) is 2.39. The maximum atomic E-state index is 13.7. The van der Waals surface area contributed by atoms with Crippen LogP contribution in [-0.4, -0.2) is 5.78 Å². The van der Waals surface area contributed by atoms with Crippen LogP contribution in [0.4, 0.5) is 4.39 Å². The lowest BCUT2D eigenvalue weighted by molar-refractivity contribution is 0.100. The van der Waals surface area contributed by atoms with Crippen LogP contribution in [0.15, 0.2) is 48.5 Å². The molecule has 98 valence electrons. The van der Waals surface area contributed by atoms with Gasteiger partial charge >= 0.3 is 0 Å². The first-order valence-corrected chi connectivity index (χ1v) is 6.10. The van der Waals surface area contributed by atoms with Crippen LogP contribution < -0.4 is 4.74 Å². The van der Waals surface area contributed by atoms with E-state index in [2.05, 4.69) is 0 Å². The number of ketones is 1. The van der Waals surface area contributed by atoms with Crippen molar-refractivity contribution in [2.24, 2.45) is 0 Å². The SMILES string of the molecule is CC(=O)c1c(F)cccc1O[C@@H](C)c1ccccc1. The first-order valence-electron chi connectivity index (χ1n) is 6.10. The minimum Gasteiger partial charge on any atom is -0.485 e. The van der Waals surface area contributed by atoms with Gasteiger partial charge in [-0.3, -0.25) is 4.79 Å². The topological polar surface area (TPSA) is 26.3 Å². The number of benzene rings is 2. The van der Waals surface area contributed by atoms with Crippen LogP contribution >= 0.6 is 0 Å². The van der Waals surface area contributed by atoms with Crippen LogP contribution in [0.1, 0.15) is 35.9 Å². The number of Topliss-reactive ketones (excluding diaryl/α,β-unsaturated/α-hetero) is 1. The van der Waals surface area contributed by atoms with Gasteiger partial charge in [0.05, 0.1) is 5.56 Å². The number of hydrogen-bond acceptors (Lipinski definition) is 2. The standard InChI is InChI=1S/C16H15FO2/c1-11(18)16-14(17)9-6-10-15(16)19-12(2)13-7-4-3-5-8-13/h3-10,12H,1-2H3/t12-/m0/s1. The summed E-state index contributed by atoms with van der Waals surface area (Å²) in [7, 11) is 0. The van der Waals surface area contributed by atoms with Gasteiger partial charge in [-0.05, 0) is 31.5 Å². The molecule has 3 heteroatoms. The Hall–Kier alpha value is -2.16. The lowest BCUT2D eigenvalue weighted by Crippen LogP contribution is -2.08. The number of carbonyl (C=O) groups is 1. The lowest BCUT2D eigenvalue weighted by Gasteiger charge is -2.17. The molecule has 2 aromatic carbocycles. The van der Waals surface area contributed by atoms with E-state index in [0.29, 0.717) is 0 Å². The molecule has 0 bridgehead atoms. The number of ether oxygens (including phenoxy) is 1. The van der Waals surface area contributed by atoms with E-state index in [-0.39, 0.29) is 23.2 Å². The number of hydrogen-bond donors (Lipinski definition) is 0. The molecule has 0 aliphatic heterocycles. The predicted octanol–water partition coefficient (Wildman–Crippen LogP) is 4.17. The molecule has 0 aliphatic rings. The van der Waals surface area contributed by atoms with Crippen molar-refractivity contribution in [2.75, 3.05) is 0 Å². The fourth-order valence-electron chi connectivity index (χ4n) is 1.93.